The minimum atomic E-state index is -1.56. The van der Waals surface area contributed by atoms with E-state index in [0.29, 0.717) is 0 Å². The quantitative estimate of drug-likeness (QED) is 0.446. The Bertz CT molecular complexity index is 213. The van der Waals surface area contributed by atoms with Crippen LogP contribution in [0.25, 0.3) is 0 Å². The monoisotopic (exact) mass is 252 g/mol. The molecule has 0 aliphatic carbocycles. The van der Waals surface area contributed by atoms with Crippen LogP contribution in [-0.2, 0) is 14.3 Å². The zero-order valence-corrected chi connectivity index (χ0v) is 10.00. The Labute approximate surface area is 99.6 Å². The normalized spacial score (nSPS) is 11.4. The molecule has 102 valence electrons. The van der Waals surface area contributed by atoms with E-state index in [1.54, 1.807) is 0 Å². The molecule has 4 N–H and O–H groups in total. The molecule has 1 atom stereocenters. The van der Waals surface area contributed by atoms with Crippen LogP contribution >= 0.6 is 0 Å². The maximum absolute atomic E-state index is 10.8. The molecule has 0 radical (unpaired) electrons. The summed E-state index contributed by atoms with van der Waals surface area (Å²) in [6, 6.07) is 0. The number of rotatable bonds is 6. The number of carbonyl (C=O) groups excluding carboxylic acids is 1. The largest absolute Gasteiger partial charge is 0.481 e. The molecule has 0 aliphatic rings. The van der Waals surface area contributed by atoms with Crippen molar-refractivity contribution in [3.8, 4) is 0 Å². The summed E-state index contributed by atoms with van der Waals surface area (Å²) in [7, 11) is 0. The third-order valence-corrected chi connectivity index (χ3v) is 1.30. The second kappa shape index (κ2) is 11.3. The van der Waals surface area contributed by atoms with Gasteiger partial charge in [-0.05, 0) is 5.92 Å². The lowest BCUT2D eigenvalue weighted by Crippen LogP contribution is -2.27. The Morgan fingerprint density at radius 2 is 1.65 bits per heavy atom. The Morgan fingerprint density at radius 1 is 1.18 bits per heavy atom. The van der Waals surface area contributed by atoms with Crippen molar-refractivity contribution in [3.63, 3.8) is 0 Å². The minimum Gasteiger partial charge on any atom is -0.481 e. The Balaban J connectivity index is 0. The van der Waals surface area contributed by atoms with E-state index in [1.807, 2.05) is 13.8 Å². The maximum Gasteiger partial charge on any atom is 0.335 e. The fourth-order valence-corrected chi connectivity index (χ4v) is 0.594. The standard InChI is InChI=1S/C8H14O5.C2H6O2/c1-5(2)4-13-8(12)6(9)3-7(10)11;3-1-2-4/h5-6,9H,3-4H2,1-2H3,(H,10,11);3-4H,1-2H2. The van der Waals surface area contributed by atoms with Crippen LogP contribution in [0.4, 0.5) is 0 Å². The maximum atomic E-state index is 10.8. The highest BCUT2D eigenvalue weighted by atomic mass is 16.5. The minimum absolute atomic E-state index is 0.125. The lowest BCUT2D eigenvalue weighted by molar-refractivity contribution is -0.159. The fraction of sp³-hybridized carbons (Fsp3) is 0.800. The highest BCUT2D eigenvalue weighted by Crippen LogP contribution is 1.98. The number of aliphatic hydroxyl groups excluding tert-OH is 3. The van der Waals surface area contributed by atoms with Gasteiger partial charge in [0.25, 0.3) is 0 Å². The van der Waals surface area contributed by atoms with Gasteiger partial charge >= 0.3 is 11.9 Å². The van der Waals surface area contributed by atoms with Crippen molar-refractivity contribution in [1.82, 2.24) is 0 Å². The molecule has 0 rings (SSSR count). The summed E-state index contributed by atoms with van der Waals surface area (Å²) in [6.45, 7) is 3.63. The van der Waals surface area contributed by atoms with Crippen molar-refractivity contribution < 1.29 is 34.8 Å². The molecule has 7 heteroatoms. The molecular weight excluding hydrogens is 232 g/mol. The summed E-state index contributed by atoms with van der Waals surface area (Å²) in [4.78, 5) is 20.9. The highest BCUT2D eigenvalue weighted by Gasteiger charge is 2.19. The Kier molecular flexibility index (Phi) is 12.1. The number of hydrogen-bond donors (Lipinski definition) is 4. The van der Waals surface area contributed by atoms with Gasteiger partial charge < -0.3 is 25.2 Å². The lowest BCUT2D eigenvalue weighted by Gasteiger charge is -2.09. The van der Waals surface area contributed by atoms with Gasteiger partial charge in [0.15, 0.2) is 6.10 Å². The molecule has 0 saturated heterocycles. The van der Waals surface area contributed by atoms with Gasteiger partial charge in [-0.15, -0.1) is 0 Å². The van der Waals surface area contributed by atoms with E-state index in [9.17, 15) is 9.59 Å². The van der Waals surface area contributed by atoms with Crippen molar-refractivity contribution in [1.29, 1.82) is 0 Å². The average Bonchev–Trinajstić information content (AvgIpc) is 2.25. The van der Waals surface area contributed by atoms with Crippen LogP contribution in [0.15, 0.2) is 0 Å². The fourth-order valence-electron chi connectivity index (χ4n) is 0.594. The topological polar surface area (TPSA) is 124 Å². The van der Waals surface area contributed by atoms with Gasteiger partial charge in [0.1, 0.15) is 0 Å². The van der Waals surface area contributed by atoms with Crippen molar-refractivity contribution in [2.75, 3.05) is 19.8 Å². The molecule has 0 aromatic carbocycles. The summed E-state index contributed by atoms with van der Waals surface area (Å²) in [5.41, 5.74) is 0. The van der Waals surface area contributed by atoms with E-state index in [4.69, 9.17) is 20.4 Å². The first kappa shape index (κ1) is 18.2. The van der Waals surface area contributed by atoms with Gasteiger partial charge in [-0.25, -0.2) is 4.79 Å². The number of carboxylic acids is 1. The SMILES string of the molecule is CC(C)COC(=O)C(O)CC(=O)O.OCCO. The third kappa shape index (κ3) is 14.8. The van der Waals surface area contributed by atoms with Crippen LogP contribution in [0.5, 0.6) is 0 Å². The first-order valence-electron chi connectivity index (χ1n) is 5.13. The average molecular weight is 252 g/mol. The second-order valence-corrected chi connectivity index (χ2v) is 3.58. The van der Waals surface area contributed by atoms with Crippen LogP contribution in [0, 0.1) is 5.92 Å². The molecule has 0 aliphatic heterocycles. The van der Waals surface area contributed by atoms with Gasteiger partial charge in [0, 0.05) is 0 Å². The molecule has 0 amide bonds. The van der Waals surface area contributed by atoms with Crippen LogP contribution in [-0.4, -0.2) is 58.3 Å². The number of carboxylic acid groups (broad SMARTS) is 1. The summed E-state index contributed by atoms with van der Waals surface area (Å²) in [5.74, 6) is -1.94. The molecule has 1 unspecified atom stereocenters. The van der Waals surface area contributed by atoms with Gasteiger partial charge in [0.2, 0.25) is 0 Å². The molecule has 0 aromatic rings. The van der Waals surface area contributed by atoms with E-state index >= 15 is 0 Å². The number of aliphatic hydroxyl groups is 3. The van der Waals surface area contributed by atoms with E-state index < -0.39 is 24.5 Å². The number of hydrogen-bond acceptors (Lipinski definition) is 6. The highest BCUT2D eigenvalue weighted by molar-refractivity contribution is 5.80. The van der Waals surface area contributed by atoms with Crippen LogP contribution < -0.4 is 0 Å². The molecule has 0 aromatic heterocycles. The Hall–Kier alpha value is -1.18. The number of esters is 1. The second-order valence-electron chi connectivity index (χ2n) is 3.58. The summed E-state index contributed by atoms with van der Waals surface area (Å²) in [6.07, 6.45) is -2.17. The van der Waals surface area contributed by atoms with Gasteiger partial charge in [0.05, 0.1) is 26.2 Å². The predicted molar refractivity (Wildman–Crippen MR) is 58.2 cm³/mol. The van der Waals surface area contributed by atoms with Crippen LogP contribution in [0.2, 0.25) is 0 Å². The van der Waals surface area contributed by atoms with Crippen molar-refractivity contribution in [2.45, 2.75) is 26.4 Å². The van der Waals surface area contributed by atoms with E-state index in [0.717, 1.165) is 0 Å². The smallest absolute Gasteiger partial charge is 0.335 e. The molecule has 0 saturated carbocycles. The van der Waals surface area contributed by atoms with Gasteiger partial charge in [-0.2, -0.15) is 0 Å². The molecule has 0 heterocycles. The zero-order chi connectivity index (χ0) is 13.8. The number of aliphatic carboxylic acids is 1. The summed E-state index contributed by atoms with van der Waals surface area (Å²) >= 11 is 0. The van der Waals surface area contributed by atoms with Crippen LogP contribution in [0.3, 0.4) is 0 Å². The van der Waals surface area contributed by atoms with Crippen molar-refractivity contribution in [3.05, 3.63) is 0 Å². The number of carbonyl (C=O) groups is 2. The lowest BCUT2D eigenvalue weighted by atomic mass is 10.2. The molecule has 17 heavy (non-hydrogen) atoms. The molecule has 0 spiro atoms. The third-order valence-electron chi connectivity index (χ3n) is 1.30. The first-order chi connectivity index (χ1) is 7.84. The molecule has 0 bridgehead atoms. The molecular formula is C10H20O7. The van der Waals surface area contributed by atoms with Gasteiger partial charge in [-0.3, -0.25) is 4.79 Å². The zero-order valence-electron chi connectivity index (χ0n) is 10.00. The van der Waals surface area contributed by atoms with E-state index in [2.05, 4.69) is 4.74 Å². The Morgan fingerprint density at radius 3 is 1.94 bits per heavy atom. The first-order valence-corrected chi connectivity index (χ1v) is 5.13. The summed E-state index contributed by atoms with van der Waals surface area (Å²) in [5, 5.41) is 32.4. The van der Waals surface area contributed by atoms with Crippen LogP contribution in [0.1, 0.15) is 20.3 Å². The molecule has 0 fully saturated rings. The predicted octanol–water partition coefficient (Wildman–Crippen LogP) is -1.01. The van der Waals surface area contributed by atoms with E-state index in [1.165, 1.54) is 0 Å². The van der Waals surface area contributed by atoms with E-state index in [-0.39, 0.29) is 25.7 Å². The van der Waals surface area contributed by atoms with Crippen molar-refractivity contribution in [2.24, 2.45) is 5.92 Å². The molecule has 7 nitrogen and oxygen atoms in total. The summed E-state index contributed by atoms with van der Waals surface area (Å²) < 4.78 is 4.61. The van der Waals surface area contributed by atoms with Gasteiger partial charge in [-0.1, -0.05) is 13.8 Å². The van der Waals surface area contributed by atoms with Crippen molar-refractivity contribution >= 4 is 11.9 Å². The number of ether oxygens (including phenoxy) is 1.